The summed E-state index contributed by atoms with van der Waals surface area (Å²) in [5.41, 5.74) is 0. The third-order valence-corrected chi connectivity index (χ3v) is 1.57. The van der Waals surface area contributed by atoms with Crippen LogP contribution in [0.25, 0.3) is 0 Å². The van der Waals surface area contributed by atoms with E-state index in [0.29, 0.717) is 0 Å². The van der Waals surface area contributed by atoms with Crippen molar-refractivity contribution in [2.75, 3.05) is 6.61 Å². The van der Waals surface area contributed by atoms with Crippen LogP contribution in [-0.4, -0.2) is 24.5 Å². The number of carbonyl (C=O) groups excluding carboxylic acids is 2. The van der Waals surface area contributed by atoms with Crippen molar-refractivity contribution in [3.8, 4) is 0 Å². The first-order valence-corrected chi connectivity index (χ1v) is 4.23. The van der Waals surface area contributed by atoms with E-state index in [1.807, 2.05) is 0 Å². The van der Waals surface area contributed by atoms with E-state index >= 15 is 0 Å². The van der Waals surface area contributed by atoms with Gasteiger partial charge in [0.15, 0.2) is 0 Å². The van der Waals surface area contributed by atoms with Crippen LogP contribution in [0, 0.1) is 5.92 Å². The Labute approximate surface area is 84.9 Å². The molecule has 15 heavy (non-hydrogen) atoms. The molecule has 0 radical (unpaired) electrons. The van der Waals surface area contributed by atoms with Gasteiger partial charge in [0.05, 0.1) is 6.61 Å². The molecule has 0 rings (SSSR count). The van der Waals surface area contributed by atoms with Crippen LogP contribution in [-0.2, 0) is 14.3 Å². The highest BCUT2D eigenvalue weighted by atomic mass is 19.4. The molecule has 0 fully saturated rings. The molecule has 0 aliphatic heterocycles. The van der Waals surface area contributed by atoms with Gasteiger partial charge in [-0.2, -0.15) is 13.2 Å². The van der Waals surface area contributed by atoms with Gasteiger partial charge in [-0.15, -0.1) is 6.58 Å². The van der Waals surface area contributed by atoms with Crippen molar-refractivity contribution >= 4 is 11.8 Å². The average Bonchev–Trinajstić information content (AvgIpc) is 2.12. The maximum Gasteiger partial charge on any atom is 0.450 e. The molecule has 0 spiro atoms. The Morgan fingerprint density at radius 3 is 2.33 bits per heavy atom. The molecule has 0 amide bonds. The van der Waals surface area contributed by atoms with Crippen LogP contribution < -0.4 is 0 Å². The van der Waals surface area contributed by atoms with Crippen molar-refractivity contribution < 1.29 is 27.5 Å². The molecule has 1 unspecified atom stereocenters. The molecule has 0 bridgehead atoms. The molecular formula is C9H11F3O3. The minimum Gasteiger partial charge on any atom is -0.465 e. The topological polar surface area (TPSA) is 43.4 Å². The minimum atomic E-state index is -5.03. The van der Waals surface area contributed by atoms with E-state index < -0.39 is 23.8 Å². The monoisotopic (exact) mass is 224 g/mol. The summed E-state index contributed by atoms with van der Waals surface area (Å²) in [4.78, 5) is 21.8. The van der Waals surface area contributed by atoms with E-state index in [0.717, 1.165) is 6.08 Å². The van der Waals surface area contributed by atoms with E-state index in [1.54, 1.807) is 0 Å². The van der Waals surface area contributed by atoms with Crippen LogP contribution in [0.1, 0.15) is 13.3 Å². The van der Waals surface area contributed by atoms with Gasteiger partial charge in [-0.25, -0.2) is 0 Å². The highest BCUT2D eigenvalue weighted by Crippen LogP contribution is 2.23. The van der Waals surface area contributed by atoms with Crippen molar-refractivity contribution in [3.05, 3.63) is 12.7 Å². The van der Waals surface area contributed by atoms with Crippen LogP contribution >= 0.6 is 0 Å². The van der Waals surface area contributed by atoms with Gasteiger partial charge in [-0.3, -0.25) is 9.59 Å². The zero-order valence-corrected chi connectivity index (χ0v) is 8.13. The Hall–Kier alpha value is -1.33. The molecule has 3 nitrogen and oxygen atoms in total. The predicted octanol–water partition coefficient (Wildman–Crippen LogP) is 1.87. The Morgan fingerprint density at radius 1 is 1.47 bits per heavy atom. The van der Waals surface area contributed by atoms with Crippen LogP contribution in [0.2, 0.25) is 0 Å². The summed E-state index contributed by atoms with van der Waals surface area (Å²) >= 11 is 0. The number of ether oxygens (including phenoxy) is 1. The smallest absolute Gasteiger partial charge is 0.450 e. The average molecular weight is 224 g/mol. The largest absolute Gasteiger partial charge is 0.465 e. The predicted molar refractivity (Wildman–Crippen MR) is 46.0 cm³/mol. The van der Waals surface area contributed by atoms with Crippen molar-refractivity contribution in [2.24, 2.45) is 5.92 Å². The lowest BCUT2D eigenvalue weighted by molar-refractivity contribution is -0.180. The number of allylic oxidation sites excluding steroid dienone is 1. The fraction of sp³-hybridized carbons (Fsp3) is 0.556. The Bertz CT molecular complexity index is 258. The second kappa shape index (κ2) is 5.53. The minimum absolute atomic E-state index is 0.0718. The van der Waals surface area contributed by atoms with Gasteiger partial charge in [0.25, 0.3) is 5.78 Å². The number of carbonyl (C=O) groups is 2. The number of esters is 1. The molecule has 0 aromatic rings. The standard InChI is InChI=1S/C9H11F3O3/c1-3-5-6(8(14)15-4-2)7(13)9(10,11)12/h3,6H,1,4-5H2,2H3. The van der Waals surface area contributed by atoms with Crippen LogP contribution in [0.4, 0.5) is 13.2 Å². The summed E-state index contributed by atoms with van der Waals surface area (Å²) in [6, 6.07) is 0. The molecule has 6 heteroatoms. The molecule has 0 saturated carbocycles. The Kier molecular flexibility index (Phi) is 5.04. The fourth-order valence-electron chi connectivity index (χ4n) is 0.917. The first-order chi connectivity index (χ1) is 6.84. The molecular weight excluding hydrogens is 213 g/mol. The van der Waals surface area contributed by atoms with Crippen molar-refractivity contribution in [3.63, 3.8) is 0 Å². The van der Waals surface area contributed by atoms with Gasteiger partial charge in [0.2, 0.25) is 0 Å². The van der Waals surface area contributed by atoms with Gasteiger partial charge >= 0.3 is 12.1 Å². The maximum absolute atomic E-state index is 12.0. The highest BCUT2D eigenvalue weighted by molar-refractivity contribution is 6.01. The molecule has 0 aromatic carbocycles. The number of halogens is 3. The quantitative estimate of drug-likeness (QED) is 0.407. The summed E-state index contributed by atoms with van der Waals surface area (Å²) in [5, 5.41) is 0. The summed E-state index contributed by atoms with van der Waals surface area (Å²) in [6.07, 6.45) is -4.33. The van der Waals surface area contributed by atoms with Crippen LogP contribution in [0.3, 0.4) is 0 Å². The molecule has 86 valence electrons. The zero-order valence-electron chi connectivity index (χ0n) is 8.13. The van der Waals surface area contributed by atoms with Gasteiger partial charge < -0.3 is 4.74 Å². The van der Waals surface area contributed by atoms with E-state index in [-0.39, 0.29) is 13.0 Å². The summed E-state index contributed by atoms with van der Waals surface area (Å²) in [7, 11) is 0. The third-order valence-electron chi connectivity index (χ3n) is 1.57. The molecule has 0 N–H and O–H groups in total. The highest BCUT2D eigenvalue weighted by Gasteiger charge is 2.46. The SMILES string of the molecule is C=CCC(C(=O)OCC)C(=O)C(F)(F)F. The molecule has 0 saturated heterocycles. The Balaban J connectivity index is 4.73. The van der Waals surface area contributed by atoms with Gasteiger partial charge in [-0.1, -0.05) is 6.08 Å². The lowest BCUT2D eigenvalue weighted by Gasteiger charge is -2.14. The number of alkyl halides is 3. The third kappa shape index (κ3) is 4.14. The lowest BCUT2D eigenvalue weighted by Crippen LogP contribution is -2.36. The maximum atomic E-state index is 12.0. The first kappa shape index (κ1) is 13.7. The van der Waals surface area contributed by atoms with E-state index in [2.05, 4.69) is 11.3 Å². The molecule has 0 heterocycles. The number of Topliss-reactive ketones (excluding diaryl/α,β-unsaturated/α-hetero) is 1. The first-order valence-electron chi connectivity index (χ1n) is 4.23. The van der Waals surface area contributed by atoms with Crippen molar-refractivity contribution in [1.82, 2.24) is 0 Å². The second-order valence-corrected chi connectivity index (χ2v) is 2.69. The number of hydrogen-bond donors (Lipinski definition) is 0. The van der Waals surface area contributed by atoms with Gasteiger partial charge in [-0.05, 0) is 13.3 Å². The van der Waals surface area contributed by atoms with E-state index in [1.165, 1.54) is 6.92 Å². The molecule has 0 aromatic heterocycles. The Morgan fingerprint density at radius 2 is 2.00 bits per heavy atom. The molecule has 0 aliphatic carbocycles. The van der Waals surface area contributed by atoms with Crippen molar-refractivity contribution in [1.29, 1.82) is 0 Å². The van der Waals surface area contributed by atoms with E-state index in [9.17, 15) is 22.8 Å². The molecule has 1 atom stereocenters. The molecule has 0 aliphatic rings. The van der Waals surface area contributed by atoms with Crippen molar-refractivity contribution in [2.45, 2.75) is 19.5 Å². The van der Waals surface area contributed by atoms with Crippen LogP contribution in [0.5, 0.6) is 0 Å². The van der Waals surface area contributed by atoms with Crippen LogP contribution in [0.15, 0.2) is 12.7 Å². The van der Waals surface area contributed by atoms with Gasteiger partial charge in [0.1, 0.15) is 5.92 Å². The summed E-state index contributed by atoms with van der Waals surface area (Å²) in [5.74, 6) is -5.09. The summed E-state index contributed by atoms with van der Waals surface area (Å²) < 4.78 is 40.5. The number of ketones is 1. The second-order valence-electron chi connectivity index (χ2n) is 2.69. The normalized spacial score (nSPS) is 13.1. The fourth-order valence-corrected chi connectivity index (χ4v) is 0.917. The van der Waals surface area contributed by atoms with Gasteiger partial charge in [0, 0.05) is 0 Å². The summed E-state index contributed by atoms with van der Waals surface area (Å²) in [6.45, 7) is 4.55. The zero-order chi connectivity index (χ0) is 12.1. The number of rotatable bonds is 5. The number of hydrogen-bond acceptors (Lipinski definition) is 3. The van der Waals surface area contributed by atoms with E-state index in [4.69, 9.17) is 0 Å². The lowest BCUT2D eigenvalue weighted by atomic mass is 10.00.